The first-order chi connectivity index (χ1) is 11.8. The number of sulfonamides is 1. The lowest BCUT2D eigenvalue weighted by atomic mass is 10.1. The summed E-state index contributed by atoms with van der Waals surface area (Å²) in [4.78, 5) is 12.4. The van der Waals surface area contributed by atoms with Crippen molar-refractivity contribution < 1.29 is 17.9 Å². The molecule has 6 nitrogen and oxygen atoms in total. The second kappa shape index (κ2) is 8.02. The van der Waals surface area contributed by atoms with Crippen LogP contribution in [0, 0.1) is 6.92 Å². The second-order valence-corrected chi connectivity index (χ2v) is 7.38. The maximum Gasteiger partial charge on any atom is 0.251 e. The van der Waals surface area contributed by atoms with Crippen LogP contribution in [-0.2, 0) is 16.6 Å². The highest BCUT2D eigenvalue weighted by Gasteiger charge is 2.11. The molecule has 0 heterocycles. The van der Waals surface area contributed by atoms with E-state index >= 15 is 0 Å². The van der Waals surface area contributed by atoms with Gasteiger partial charge in [-0.1, -0.05) is 24.3 Å². The molecule has 2 N–H and O–H groups in total. The number of anilines is 1. The lowest BCUT2D eigenvalue weighted by Gasteiger charge is -2.12. The van der Waals surface area contributed by atoms with Crippen LogP contribution in [0.1, 0.15) is 28.4 Å². The molecule has 134 valence electrons. The molecule has 0 aliphatic rings. The number of hydrogen-bond donors (Lipinski definition) is 2. The number of nitrogens with one attached hydrogen (secondary N) is 2. The molecule has 0 unspecified atom stereocenters. The topological polar surface area (TPSA) is 84.5 Å². The molecule has 0 aliphatic carbocycles. The van der Waals surface area contributed by atoms with Gasteiger partial charge < -0.3 is 10.1 Å². The number of ether oxygens (including phenoxy) is 1. The molecule has 0 fully saturated rings. The van der Waals surface area contributed by atoms with E-state index in [-0.39, 0.29) is 5.91 Å². The summed E-state index contributed by atoms with van der Waals surface area (Å²) in [6.07, 6.45) is 1.07. The van der Waals surface area contributed by atoms with Gasteiger partial charge in [-0.25, -0.2) is 8.42 Å². The van der Waals surface area contributed by atoms with Crippen molar-refractivity contribution in [3.05, 3.63) is 59.2 Å². The van der Waals surface area contributed by atoms with E-state index in [0.717, 1.165) is 23.1 Å². The Morgan fingerprint density at radius 3 is 2.56 bits per heavy atom. The predicted octanol–water partition coefficient (Wildman–Crippen LogP) is 2.70. The summed E-state index contributed by atoms with van der Waals surface area (Å²) in [5.74, 6) is 0.441. The van der Waals surface area contributed by atoms with Crippen molar-refractivity contribution >= 4 is 21.6 Å². The van der Waals surface area contributed by atoms with Crippen LogP contribution in [0.25, 0.3) is 0 Å². The smallest absolute Gasteiger partial charge is 0.251 e. The minimum absolute atomic E-state index is 0.289. The Hall–Kier alpha value is -2.54. The average Bonchev–Trinajstić information content (AvgIpc) is 2.55. The largest absolute Gasteiger partial charge is 0.494 e. The van der Waals surface area contributed by atoms with E-state index in [9.17, 15) is 13.2 Å². The Kier molecular flexibility index (Phi) is 6.03. The maximum atomic E-state index is 12.4. The fourth-order valence-electron chi connectivity index (χ4n) is 2.30. The van der Waals surface area contributed by atoms with Gasteiger partial charge in [0.05, 0.1) is 18.6 Å². The highest BCUT2D eigenvalue weighted by Crippen LogP contribution is 2.20. The van der Waals surface area contributed by atoms with Gasteiger partial charge in [0, 0.05) is 17.7 Å². The third-order valence-corrected chi connectivity index (χ3v) is 4.10. The summed E-state index contributed by atoms with van der Waals surface area (Å²) in [5.41, 5.74) is 2.39. The van der Waals surface area contributed by atoms with Gasteiger partial charge in [-0.15, -0.1) is 0 Å². The minimum atomic E-state index is -3.41. The molecular formula is C18H22N2O4S. The van der Waals surface area contributed by atoms with Gasteiger partial charge in [0.15, 0.2) is 0 Å². The van der Waals surface area contributed by atoms with Crippen LogP contribution in [-0.4, -0.2) is 27.2 Å². The minimum Gasteiger partial charge on any atom is -0.494 e. The maximum absolute atomic E-state index is 12.4. The molecule has 7 heteroatoms. The van der Waals surface area contributed by atoms with Gasteiger partial charge in [0.2, 0.25) is 10.0 Å². The lowest BCUT2D eigenvalue weighted by Crippen LogP contribution is -2.23. The van der Waals surface area contributed by atoms with Gasteiger partial charge in [0.25, 0.3) is 5.91 Å². The number of rotatable bonds is 7. The van der Waals surface area contributed by atoms with Crippen LogP contribution in [0.4, 0.5) is 5.69 Å². The van der Waals surface area contributed by atoms with Crippen molar-refractivity contribution in [2.75, 3.05) is 17.6 Å². The molecule has 0 saturated carbocycles. The molecule has 2 aromatic rings. The molecule has 2 rings (SSSR count). The van der Waals surface area contributed by atoms with Crippen LogP contribution in [0.3, 0.4) is 0 Å². The number of aryl methyl sites for hydroxylation is 1. The first kappa shape index (κ1) is 18.8. The third-order valence-electron chi connectivity index (χ3n) is 3.51. The van der Waals surface area contributed by atoms with Crippen molar-refractivity contribution in [2.24, 2.45) is 0 Å². The molecule has 0 radical (unpaired) electrons. The van der Waals surface area contributed by atoms with E-state index in [4.69, 9.17) is 4.74 Å². The molecule has 2 aromatic carbocycles. The first-order valence-corrected chi connectivity index (χ1v) is 9.76. The first-order valence-electron chi connectivity index (χ1n) is 7.87. The molecule has 25 heavy (non-hydrogen) atoms. The van der Waals surface area contributed by atoms with Crippen molar-refractivity contribution in [2.45, 2.75) is 20.4 Å². The molecule has 0 spiro atoms. The molecule has 0 saturated heterocycles. The number of benzene rings is 2. The summed E-state index contributed by atoms with van der Waals surface area (Å²) in [7, 11) is -3.41. The van der Waals surface area contributed by atoms with Gasteiger partial charge in [-0.05, 0) is 37.6 Å². The highest BCUT2D eigenvalue weighted by molar-refractivity contribution is 7.92. The Morgan fingerprint density at radius 2 is 1.88 bits per heavy atom. The molecular weight excluding hydrogens is 340 g/mol. The summed E-state index contributed by atoms with van der Waals surface area (Å²) < 4.78 is 30.8. The van der Waals surface area contributed by atoms with Crippen molar-refractivity contribution in [3.63, 3.8) is 0 Å². The zero-order valence-electron chi connectivity index (χ0n) is 14.5. The number of carbonyl (C=O) groups excluding carboxylic acids is 1. The Bertz CT molecular complexity index is 863. The second-order valence-electron chi connectivity index (χ2n) is 5.63. The normalized spacial score (nSPS) is 11.0. The molecule has 0 atom stereocenters. The van der Waals surface area contributed by atoms with Crippen LogP contribution in [0.2, 0.25) is 0 Å². The van der Waals surface area contributed by atoms with Crippen LogP contribution < -0.4 is 14.8 Å². The van der Waals surface area contributed by atoms with E-state index < -0.39 is 10.0 Å². The van der Waals surface area contributed by atoms with E-state index in [1.807, 2.05) is 31.2 Å². The molecule has 0 aromatic heterocycles. The summed E-state index contributed by atoms with van der Waals surface area (Å²) in [6.45, 7) is 4.53. The fourth-order valence-corrected chi connectivity index (χ4v) is 2.92. The standard InChI is InChI=1S/C18H22N2O4S/c1-4-24-17-8-6-5-7-15(17)12-19-18(21)14-10-9-13(2)16(11-14)20-25(3,22)23/h5-11,20H,4,12H2,1-3H3,(H,19,21). The number of carbonyl (C=O) groups is 1. The SMILES string of the molecule is CCOc1ccccc1CNC(=O)c1ccc(C)c(NS(C)(=O)=O)c1. The Morgan fingerprint density at radius 1 is 1.16 bits per heavy atom. The van der Waals surface area contributed by atoms with Crippen molar-refractivity contribution in [1.29, 1.82) is 0 Å². The van der Waals surface area contributed by atoms with E-state index in [2.05, 4.69) is 10.0 Å². The van der Waals surface area contributed by atoms with Gasteiger partial charge in [0.1, 0.15) is 5.75 Å². The zero-order chi connectivity index (χ0) is 18.4. The summed E-state index contributed by atoms with van der Waals surface area (Å²) in [5, 5.41) is 2.83. The van der Waals surface area contributed by atoms with Crippen LogP contribution >= 0.6 is 0 Å². The molecule has 0 bridgehead atoms. The van der Waals surface area contributed by atoms with Gasteiger partial charge in [-0.3, -0.25) is 9.52 Å². The van der Waals surface area contributed by atoms with Crippen LogP contribution in [0.15, 0.2) is 42.5 Å². The van der Waals surface area contributed by atoms with Gasteiger partial charge in [-0.2, -0.15) is 0 Å². The quantitative estimate of drug-likeness (QED) is 0.793. The van der Waals surface area contributed by atoms with Crippen molar-refractivity contribution in [3.8, 4) is 5.75 Å². The van der Waals surface area contributed by atoms with E-state index in [1.165, 1.54) is 6.07 Å². The third kappa shape index (κ3) is 5.49. The van der Waals surface area contributed by atoms with Crippen LogP contribution in [0.5, 0.6) is 5.75 Å². The zero-order valence-corrected chi connectivity index (χ0v) is 15.3. The Balaban J connectivity index is 2.13. The highest BCUT2D eigenvalue weighted by atomic mass is 32.2. The number of hydrogen-bond acceptors (Lipinski definition) is 4. The van der Waals surface area contributed by atoms with E-state index in [0.29, 0.717) is 24.4 Å². The summed E-state index contributed by atoms with van der Waals surface area (Å²) in [6, 6.07) is 12.4. The molecule has 1 amide bonds. The van der Waals surface area contributed by atoms with Gasteiger partial charge >= 0.3 is 0 Å². The Labute approximate surface area is 148 Å². The fraction of sp³-hybridized carbons (Fsp3) is 0.278. The number of amides is 1. The lowest BCUT2D eigenvalue weighted by molar-refractivity contribution is 0.0950. The summed E-state index contributed by atoms with van der Waals surface area (Å²) >= 11 is 0. The van der Waals surface area contributed by atoms with E-state index in [1.54, 1.807) is 19.1 Å². The number of para-hydroxylation sites is 1. The predicted molar refractivity (Wildman–Crippen MR) is 98.4 cm³/mol. The monoisotopic (exact) mass is 362 g/mol. The average molecular weight is 362 g/mol. The molecule has 0 aliphatic heterocycles. The van der Waals surface area contributed by atoms with Crippen molar-refractivity contribution in [1.82, 2.24) is 5.32 Å².